The highest BCUT2D eigenvalue weighted by molar-refractivity contribution is 6.69. The molecule has 0 spiro atoms. The Bertz CT molecular complexity index is 1050. The Morgan fingerprint density at radius 2 is 1.97 bits per heavy atom. The van der Waals surface area contributed by atoms with Crippen molar-refractivity contribution in [3.63, 3.8) is 0 Å². The van der Waals surface area contributed by atoms with E-state index in [4.69, 9.17) is 20.6 Å². The first-order valence-electron chi connectivity index (χ1n) is 9.74. The molecule has 3 rings (SSSR count). The molecule has 0 aliphatic heterocycles. The maximum Gasteiger partial charge on any atom is 0.183 e. The maximum atomic E-state index is 11.0. The Morgan fingerprint density at radius 3 is 2.63 bits per heavy atom. The van der Waals surface area contributed by atoms with Crippen molar-refractivity contribution in [2.45, 2.75) is 38.6 Å². The number of pyridine rings is 1. The molecule has 2 heterocycles. The second-order valence-corrected chi connectivity index (χ2v) is 12.9. The second kappa shape index (κ2) is 9.58. The highest BCUT2D eigenvalue weighted by atomic mass is 35.5. The van der Waals surface area contributed by atoms with Crippen LogP contribution in [0.5, 0.6) is 0 Å². The highest BCUT2D eigenvalue weighted by Crippen LogP contribution is 2.37. The van der Waals surface area contributed by atoms with Crippen molar-refractivity contribution < 1.29 is 14.1 Å². The van der Waals surface area contributed by atoms with Gasteiger partial charge in [-0.3, -0.25) is 4.98 Å². The highest BCUT2D eigenvalue weighted by Gasteiger charge is 2.28. The topological polar surface area (TPSA) is 68.4 Å². The Balaban J connectivity index is 2.02. The van der Waals surface area contributed by atoms with Crippen LogP contribution in [0.2, 0.25) is 24.7 Å². The van der Waals surface area contributed by atoms with E-state index in [1.807, 2.05) is 31.2 Å². The minimum absolute atomic E-state index is 0.106. The average Bonchev–Trinajstić information content (AvgIpc) is 3.16. The van der Waals surface area contributed by atoms with Crippen molar-refractivity contribution >= 4 is 19.9 Å². The number of benzene rings is 1. The number of hydrogen-bond acceptors (Lipinski definition) is 5. The molecule has 0 aliphatic carbocycles. The molecule has 0 saturated carbocycles. The Hall–Kier alpha value is -2.43. The third-order valence-corrected chi connectivity index (χ3v) is 5.75. The lowest BCUT2D eigenvalue weighted by molar-refractivity contribution is 0.225. The molecular formula is C23H25ClN2O3Si. The van der Waals surface area contributed by atoms with Gasteiger partial charge < -0.3 is 14.1 Å². The number of aliphatic hydroxyl groups is 1. The van der Waals surface area contributed by atoms with Crippen molar-refractivity contribution in [2.24, 2.45) is 0 Å². The van der Waals surface area contributed by atoms with Crippen molar-refractivity contribution in [1.82, 2.24) is 10.1 Å². The summed E-state index contributed by atoms with van der Waals surface area (Å²) in [5.74, 6) is 6.29. The molecule has 0 radical (unpaired) electrons. The van der Waals surface area contributed by atoms with Gasteiger partial charge in [-0.1, -0.05) is 53.7 Å². The molecular weight excluding hydrogens is 416 g/mol. The van der Waals surface area contributed by atoms with Gasteiger partial charge in [0.1, 0.15) is 17.6 Å². The third kappa shape index (κ3) is 5.58. The van der Waals surface area contributed by atoms with E-state index < -0.39 is 14.4 Å². The molecule has 2 aromatic heterocycles. The molecule has 3 aromatic rings. The van der Waals surface area contributed by atoms with Crippen molar-refractivity contribution in [2.75, 3.05) is 6.61 Å². The fourth-order valence-corrected chi connectivity index (χ4v) is 3.86. The minimum atomic E-state index is -1.70. The predicted octanol–water partition coefficient (Wildman–Crippen LogP) is 5.43. The SMILES string of the molecule is CC(CO[Si](C)(C)C)c1onc(-c2ccccc2Cl)c1C(O)C#Cc1cccnc1. The number of aliphatic hydroxyl groups excluding tert-OH is 1. The Morgan fingerprint density at radius 1 is 1.20 bits per heavy atom. The molecule has 5 nitrogen and oxygen atoms in total. The summed E-state index contributed by atoms with van der Waals surface area (Å²) in [5, 5.41) is 15.8. The fraction of sp³-hybridized carbons (Fsp3) is 0.304. The smallest absolute Gasteiger partial charge is 0.183 e. The predicted molar refractivity (Wildman–Crippen MR) is 121 cm³/mol. The van der Waals surface area contributed by atoms with Crippen LogP contribution in [-0.4, -0.2) is 30.2 Å². The third-order valence-electron chi connectivity index (χ3n) is 4.39. The van der Waals surface area contributed by atoms with Gasteiger partial charge in [0.2, 0.25) is 0 Å². The van der Waals surface area contributed by atoms with Crippen LogP contribution in [0.15, 0.2) is 53.3 Å². The molecule has 0 fully saturated rings. The van der Waals surface area contributed by atoms with Gasteiger partial charge in [-0.2, -0.15) is 0 Å². The van der Waals surface area contributed by atoms with Crippen LogP contribution in [0.4, 0.5) is 0 Å². The molecule has 0 bridgehead atoms. The largest absolute Gasteiger partial charge is 0.417 e. The molecule has 156 valence electrons. The van der Waals surface area contributed by atoms with Crippen molar-refractivity contribution in [3.05, 3.63) is 70.7 Å². The average molecular weight is 441 g/mol. The van der Waals surface area contributed by atoms with E-state index in [1.54, 1.807) is 24.5 Å². The Labute approximate surface area is 183 Å². The molecule has 0 aliphatic rings. The van der Waals surface area contributed by atoms with Gasteiger partial charge in [0.15, 0.2) is 8.32 Å². The van der Waals surface area contributed by atoms with Crippen LogP contribution < -0.4 is 0 Å². The van der Waals surface area contributed by atoms with Crippen LogP contribution in [0, 0.1) is 11.8 Å². The van der Waals surface area contributed by atoms with Gasteiger partial charge in [0.25, 0.3) is 0 Å². The van der Waals surface area contributed by atoms with Crippen LogP contribution in [0.1, 0.15) is 35.8 Å². The zero-order valence-electron chi connectivity index (χ0n) is 17.5. The standard InChI is InChI=1S/C23H25ClN2O3Si/c1-16(15-28-30(2,3)4)23-21(20(27)12-11-17-8-7-13-25-14-17)22(26-29-23)18-9-5-6-10-19(18)24/h5-10,13-14,16,20,27H,15H2,1-4H3. The zero-order chi connectivity index (χ0) is 21.7. The lowest BCUT2D eigenvalue weighted by Crippen LogP contribution is -2.27. The van der Waals surface area contributed by atoms with Gasteiger partial charge in [-0.25, -0.2) is 0 Å². The van der Waals surface area contributed by atoms with Crippen LogP contribution >= 0.6 is 11.6 Å². The monoisotopic (exact) mass is 440 g/mol. The molecule has 0 amide bonds. The number of rotatable bonds is 6. The van der Waals surface area contributed by atoms with Crippen LogP contribution in [0.25, 0.3) is 11.3 Å². The summed E-state index contributed by atoms with van der Waals surface area (Å²) in [4.78, 5) is 4.05. The lowest BCUT2D eigenvalue weighted by atomic mass is 9.96. The summed E-state index contributed by atoms with van der Waals surface area (Å²) in [6, 6.07) is 11.0. The first kappa shape index (κ1) is 22.3. The molecule has 2 atom stereocenters. The van der Waals surface area contributed by atoms with E-state index in [2.05, 4.69) is 41.6 Å². The van der Waals surface area contributed by atoms with Crippen molar-refractivity contribution in [3.8, 4) is 23.1 Å². The molecule has 30 heavy (non-hydrogen) atoms. The minimum Gasteiger partial charge on any atom is -0.417 e. The summed E-state index contributed by atoms with van der Waals surface area (Å²) >= 11 is 6.39. The summed E-state index contributed by atoms with van der Waals surface area (Å²) < 4.78 is 11.7. The van der Waals surface area contributed by atoms with Gasteiger partial charge in [0.05, 0.1) is 10.6 Å². The number of nitrogens with zero attached hydrogens (tertiary/aromatic N) is 2. The zero-order valence-corrected chi connectivity index (χ0v) is 19.3. The van der Waals surface area contributed by atoms with E-state index >= 15 is 0 Å². The van der Waals surface area contributed by atoms with Gasteiger partial charge in [-0.05, 0) is 37.8 Å². The second-order valence-electron chi connectivity index (χ2n) is 8.03. The van der Waals surface area contributed by atoms with Crippen molar-refractivity contribution in [1.29, 1.82) is 0 Å². The van der Waals surface area contributed by atoms with Gasteiger partial charge in [-0.15, -0.1) is 0 Å². The summed E-state index contributed by atoms with van der Waals surface area (Å²) in [5.41, 5.74) is 2.41. The maximum absolute atomic E-state index is 11.0. The fourth-order valence-electron chi connectivity index (χ4n) is 2.89. The summed E-state index contributed by atoms with van der Waals surface area (Å²) in [7, 11) is -1.70. The van der Waals surface area contributed by atoms with E-state index in [1.165, 1.54) is 0 Å². The molecule has 1 aromatic carbocycles. The van der Waals surface area contributed by atoms with E-state index in [-0.39, 0.29) is 5.92 Å². The molecule has 0 saturated heterocycles. The number of halogens is 1. The quantitative estimate of drug-likeness (QED) is 0.408. The van der Waals surface area contributed by atoms with Gasteiger partial charge in [0, 0.05) is 36.0 Å². The first-order chi connectivity index (χ1) is 14.3. The van der Waals surface area contributed by atoms with Crippen LogP contribution in [0.3, 0.4) is 0 Å². The van der Waals surface area contributed by atoms with E-state index in [9.17, 15) is 5.11 Å². The van der Waals surface area contributed by atoms with Gasteiger partial charge >= 0.3 is 0 Å². The Kier molecular flexibility index (Phi) is 7.11. The van der Waals surface area contributed by atoms with Crippen LogP contribution in [-0.2, 0) is 4.43 Å². The molecule has 1 N–H and O–H groups in total. The summed E-state index contributed by atoms with van der Waals surface area (Å²) in [6.07, 6.45) is 2.22. The molecule has 7 heteroatoms. The number of hydrogen-bond donors (Lipinski definition) is 1. The first-order valence-corrected chi connectivity index (χ1v) is 13.5. The summed E-state index contributed by atoms with van der Waals surface area (Å²) in [6.45, 7) is 8.85. The number of aromatic nitrogens is 2. The molecule has 2 unspecified atom stereocenters. The van der Waals surface area contributed by atoms with E-state index in [0.29, 0.717) is 39.8 Å². The van der Waals surface area contributed by atoms with E-state index in [0.717, 1.165) is 0 Å². The normalized spacial score (nSPS) is 13.4. The lowest BCUT2D eigenvalue weighted by Gasteiger charge is -2.20.